The van der Waals surface area contributed by atoms with Crippen LogP contribution in [0.2, 0.25) is 0 Å². The zero-order chi connectivity index (χ0) is 15.3. The Labute approximate surface area is 127 Å². The first-order chi connectivity index (χ1) is 9.90. The van der Waals surface area contributed by atoms with Crippen LogP contribution in [0.1, 0.15) is 61.2 Å². The Morgan fingerprint density at radius 2 is 1.71 bits per heavy atom. The van der Waals surface area contributed by atoms with E-state index in [0.29, 0.717) is 12.0 Å². The van der Waals surface area contributed by atoms with Crippen LogP contribution >= 0.6 is 0 Å². The number of anilines is 1. The van der Waals surface area contributed by atoms with Crippen molar-refractivity contribution in [3.05, 3.63) is 34.6 Å². The minimum absolute atomic E-state index is 0.397. The van der Waals surface area contributed by atoms with Crippen molar-refractivity contribution in [2.75, 3.05) is 5.73 Å². The van der Waals surface area contributed by atoms with Gasteiger partial charge < -0.3 is 10.3 Å². The third-order valence-corrected chi connectivity index (χ3v) is 4.50. The second kappa shape index (κ2) is 4.90. The van der Waals surface area contributed by atoms with E-state index in [2.05, 4.69) is 51.3 Å². The quantitative estimate of drug-likeness (QED) is 0.900. The van der Waals surface area contributed by atoms with Gasteiger partial charge in [0.15, 0.2) is 0 Å². The second-order valence-electron chi connectivity index (χ2n) is 6.71. The molecular weight excluding hydrogens is 258 g/mol. The zero-order valence-corrected chi connectivity index (χ0v) is 13.7. The van der Waals surface area contributed by atoms with E-state index in [4.69, 9.17) is 10.7 Å². The van der Waals surface area contributed by atoms with Crippen molar-refractivity contribution in [3.8, 4) is 11.3 Å². The summed E-state index contributed by atoms with van der Waals surface area (Å²) in [6.45, 7) is 10.8. The molecule has 1 aromatic carbocycles. The molecule has 1 heterocycles. The van der Waals surface area contributed by atoms with Crippen LogP contribution in [0.5, 0.6) is 0 Å². The highest BCUT2D eigenvalue weighted by molar-refractivity contribution is 5.75. The number of hydrogen-bond donors (Lipinski definition) is 1. The van der Waals surface area contributed by atoms with Gasteiger partial charge in [-0.05, 0) is 56.4 Å². The Hall–Kier alpha value is -1.77. The van der Waals surface area contributed by atoms with Crippen LogP contribution in [0, 0.1) is 20.8 Å². The summed E-state index contributed by atoms with van der Waals surface area (Å²) in [6, 6.07) is 5.02. The maximum atomic E-state index is 6.47. The lowest BCUT2D eigenvalue weighted by molar-refractivity contribution is 0.646. The highest BCUT2D eigenvalue weighted by Gasteiger charge is 2.31. The first kappa shape index (κ1) is 14.2. The summed E-state index contributed by atoms with van der Waals surface area (Å²) in [5.41, 5.74) is 12.5. The van der Waals surface area contributed by atoms with E-state index in [0.717, 1.165) is 17.3 Å². The average Bonchev–Trinajstić information content (AvgIpc) is 3.18. The van der Waals surface area contributed by atoms with Gasteiger partial charge in [0.1, 0.15) is 17.3 Å². The summed E-state index contributed by atoms with van der Waals surface area (Å²) in [5.74, 6) is 2.36. The Bertz CT molecular complexity index is 691. The fourth-order valence-electron chi connectivity index (χ4n) is 3.00. The molecule has 3 rings (SSSR count). The molecule has 3 heteroatoms. The number of nitrogen functional groups attached to an aromatic ring is 1. The average molecular weight is 283 g/mol. The van der Waals surface area contributed by atoms with E-state index in [-0.39, 0.29) is 0 Å². The first-order valence-electron chi connectivity index (χ1n) is 7.86. The predicted octanol–water partition coefficient (Wildman–Crippen LogP) is 4.52. The third kappa shape index (κ3) is 2.35. The molecule has 2 N–H and O–H groups in total. The zero-order valence-electron chi connectivity index (χ0n) is 13.7. The maximum Gasteiger partial charge on any atom is 0.132 e. The first-order valence-corrected chi connectivity index (χ1v) is 7.86. The van der Waals surface area contributed by atoms with Crippen molar-refractivity contribution in [1.82, 2.24) is 9.55 Å². The fourth-order valence-corrected chi connectivity index (χ4v) is 3.00. The number of imidazole rings is 1. The van der Waals surface area contributed by atoms with Crippen LogP contribution < -0.4 is 5.73 Å². The summed E-state index contributed by atoms with van der Waals surface area (Å²) in [7, 11) is 0. The molecule has 0 aliphatic heterocycles. The number of nitrogens with zero attached hydrogens (tertiary/aromatic N) is 2. The maximum absolute atomic E-state index is 6.47. The Morgan fingerprint density at radius 3 is 2.29 bits per heavy atom. The number of nitrogens with two attached hydrogens (primary N) is 1. The van der Waals surface area contributed by atoms with Crippen LogP contribution in [-0.2, 0) is 0 Å². The van der Waals surface area contributed by atoms with Crippen molar-refractivity contribution >= 4 is 5.82 Å². The van der Waals surface area contributed by atoms with Gasteiger partial charge in [-0.1, -0.05) is 19.9 Å². The SMILES string of the molecule is Cc1cc(C)c(-c2nc(C(C)C)n(C3CC3)c2N)cc1C. The summed E-state index contributed by atoms with van der Waals surface area (Å²) in [6.07, 6.45) is 2.46. The van der Waals surface area contributed by atoms with E-state index in [1.807, 2.05) is 0 Å². The van der Waals surface area contributed by atoms with Crippen LogP contribution in [-0.4, -0.2) is 9.55 Å². The molecule has 0 amide bonds. The normalized spacial score (nSPS) is 15.0. The lowest BCUT2D eigenvalue weighted by Crippen LogP contribution is -2.06. The third-order valence-electron chi connectivity index (χ3n) is 4.50. The molecule has 0 atom stereocenters. The van der Waals surface area contributed by atoms with Gasteiger partial charge in [-0.15, -0.1) is 0 Å². The Balaban J connectivity index is 2.19. The molecule has 0 saturated heterocycles. The summed E-state index contributed by atoms with van der Waals surface area (Å²) in [4.78, 5) is 4.91. The number of aromatic nitrogens is 2. The molecule has 1 aromatic heterocycles. The van der Waals surface area contributed by atoms with Crippen molar-refractivity contribution in [2.24, 2.45) is 0 Å². The van der Waals surface area contributed by atoms with Crippen molar-refractivity contribution in [3.63, 3.8) is 0 Å². The van der Waals surface area contributed by atoms with Crippen molar-refractivity contribution in [2.45, 2.75) is 59.4 Å². The number of rotatable bonds is 3. The largest absolute Gasteiger partial charge is 0.383 e. The van der Waals surface area contributed by atoms with Gasteiger partial charge in [0.25, 0.3) is 0 Å². The standard InChI is InChI=1S/C18H25N3/c1-10(2)18-20-16(17(19)21(18)14-6-7-14)15-9-12(4)11(3)8-13(15)5/h8-10,14H,6-7,19H2,1-5H3. The molecule has 1 aliphatic carbocycles. The van der Waals surface area contributed by atoms with Gasteiger partial charge >= 0.3 is 0 Å². The van der Waals surface area contributed by atoms with E-state index in [1.54, 1.807) is 0 Å². The molecular formula is C18H25N3. The van der Waals surface area contributed by atoms with Crippen molar-refractivity contribution < 1.29 is 0 Å². The molecule has 1 saturated carbocycles. The highest BCUT2D eigenvalue weighted by Crippen LogP contribution is 2.43. The molecule has 1 aliphatic rings. The molecule has 0 bridgehead atoms. The van der Waals surface area contributed by atoms with Crippen molar-refractivity contribution in [1.29, 1.82) is 0 Å². The Morgan fingerprint density at radius 1 is 1.10 bits per heavy atom. The predicted molar refractivity (Wildman–Crippen MR) is 88.6 cm³/mol. The highest BCUT2D eigenvalue weighted by atomic mass is 15.2. The van der Waals surface area contributed by atoms with Crippen LogP contribution in [0.3, 0.4) is 0 Å². The van der Waals surface area contributed by atoms with Gasteiger partial charge in [-0.25, -0.2) is 4.98 Å². The van der Waals surface area contributed by atoms with Crippen LogP contribution in [0.25, 0.3) is 11.3 Å². The lowest BCUT2D eigenvalue weighted by atomic mass is 9.99. The van der Waals surface area contributed by atoms with Gasteiger partial charge in [-0.3, -0.25) is 0 Å². The summed E-state index contributed by atoms with van der Waals surface area (Å²) < 4.78 is 2.27. The van der Waals surface area contributed by atoms with Gasteiger partial charge in [0, 0.05) is 17.5 Å². The molecule has 0 unspecified atom stereocenters. The number of hydrogen-bond acceptors (Lipinski definition) is 2. The minimum Gasteiger partial charge on any atom is -0.383 e. The fraction of sp³-hybridized carbons (Fsp3) is 0.500. The Kier molecular flexibility index (Phi) is 3.31. The smallest absolute Gasteiger partial charge is 0.132 e. The van der Waals surface area contributed by atoms with Crippen LogP contribution in [0.15, 0.2) is 12.1 Å². The summed E-state index contributed by atoms with van der Waals surface area (Å²) >= 11 is 0. The lowest BCUT2D eigenvalue weighted by Gasteiger charge is -2.11. The van der Waals surface area contributed by atoms with E-state index >= 15 is 0 Å². The molecule has 3 nitrogen and oxygen atoms in total. The number of benzene rings is 1. The van der Waals surface area contributed by atoms with Gasteiger partial charge in [0.05, 0.1) is 0 Å². The van der Waals surface area contributed by atoms with Gasteiger partial charge in [0.2, 0.25) is 0 Å². The van der Waals surface area contributed by atoms with E-state index < -0.39 is 0 Å². The molecule has 112 valence electrons. The van der Waals surface area contributed by atoms with Gasteiger partial charge in [-0.2, -0.15) is 0 Å². The molecule has 21 heavy (non-hydrogen) atoms. The second-order valence-corrected chi connectivity index (χ2v) is 6.71. The van der Waals surface area contributed by atoms with E-state index in [1.165, 1.54) is 35.1 Å². The van der Waals surface area contributed by atoms with E-state index in [9.17, 15) is 0 Å². The van der Waals surface area contributed by atoms with Crippen LogP contribution in [0.4, 0.5) is 5.82 Å². The monoisotopic (exact) mass is 283 g/mol. The summed E-state index contributed by atoms with van der Waals surface area (Å²) in [5, 5.41) is 0. The molecule has 2 aromatic rings. The molecule has 0 spiro atoms. The minimum atomic E-state index is 0.397. The topological polar surface area (TPSA) is 43.8 Å². The number of aryl methyl sites for hydroxylation is 3. The molecule has 0 radical (unpaired) electrons. The molecule has 1 fully saturated rings.